The largest absolute Gasteiger partial charge is 0.477 e. The summed E-state index contributed by atoms with van der Waals surface area (Å²) in [5.41, 5.74) is 0.575. The van der Waals surface area contributed by atoms with Crippen LogP contribution in [0.5, 0.6) is 0 Å². The van der Waals surface area contributed by atoms with Gasteiger partial charge >= 0.3 is 5.97 Å². The highest BCUT2D eigenvalue weighted by Gasteiger charge is 2.23. The van der Waals surface area contributed by atoms with Gasteiger partial charge in [-0.05, 0) is 6.07 Å². The van der Waals surface area contributed by atoms with Crippen LogP contribution in [0.1, 0.15) is 16.1 Å². The number of nitrogens with one attached hydrogen (secondary N) is 1. The van der Waals surface area contributed by atoms with E-state index in [1.54, 1.807) is 24.1 Å². The number of hydrogen-bond acceptors (Lipinski definition) is 4. The number of aromatic nitrogens is 3. The third kappa shape index (κ3) is 2.73. The van der Waals surface area contributed by atoms with Crippen LogP contribution in [0, 0.1) is 0 Å². The van der Waals surface area contributed by atoms with Crippen molar-refractivity contribution in [2.75, 3.05) is 7.05 Å². The van der Waals surface area contributed by atoms with Crippen molar-refractivity contribution in [2.24, 2.45) is 7.05 Å². The first-order valence-corrected chi connectivity index (χ1v) is 7.10. The Labute approximate surface area is 115 Å². The molecule has 2 aromatic heterocycles. The number of hydrogen-bond donors (Lipinski definition) is 2. The molecule has 0 aliphatic rings. The maximum atomic E-state index is 12.3. The highest BCUT2D eigenvalue weighted by Crippen LogP contribution is 2.17. The van der Waals surface area contributed by atoms with Crippen LogP contribution in [0.2, 0.25) is 0 Å². The second-order valence-electron chi connectivity index (χ2n) is 4.34. The van der Waals surface area contributed by atoms with Crippen LogP contribution in [0.3, 0.4) is 0 Å². The van der Waals surface area contributed by atoms with E-state index in [0.29, 0.717) is 0 Å². The number of aromatic carboxylic acids is 1. The molecule has 0 spiro atoms. The fourth-order valence-electron chi connectivity index (χ4n) is 1.72. The maximum Gasteiger partial charge on any atom is 0.352 e. The summed E-state index contributed by atoms with van der Waals surface area (Å²) in [7, 11) is -0.573. The summed E-state index contributed by atoms with van der Waals surface area (Å²) in [6.45, 7) is 0.157. The van der Waals surface area contributed by atoms with Gasteiger partial charge in [-0.15, -0.1) is 0 Å². The molecule has 0 atom stereocenters. The molecule has 2 aromatic rings. The molecule has 2 heterocycles. The molecule has 2 rings (SSSR count). The molecule has 8 nitrogen and oxygen atoms in total. The van der Waals surface area contributed by atoms with Gasteiger partial charge in [-0.1, -0.05) is 0 Å². The van der Waals surface area contributed by atoms with E-state index in [0.717, 1.165) is 15.9 Å². The molecule has 0 radical (unpaired) electrons. The number of sulfonamides is 1. The predicted octanol–water partition coefficient (Wildman–Crippen LogP) is 0.267. The normalized spacial score (nSPS) is 11.9. The first-order valence-electron chi connectivity index (χ1n) is 5.66. The van der Waals surface area contributed by atoms with Gasteiger partial charge in [-0.2, -0.15) is 9.40 Å². The molecule has 0 saturated carbocycles. The lowest BCUT2D eigenvalue weighted by Crippen LogP contribution is -2.26. The zero-order valence-electron chi connectivity index (χ0n) is 10.9. The van der Waals surface area contributed by atoms with Crippen molar-refractivity contribution in [1.29, 1.82) is 0 Å². The number of H-pyrrole nitrogens is 1. The summed E-state index contributed by atoms with van der Waals surface area (Å²) >= 11 is 0. The van der Waals surface area contributed by atoms with Gasteiger partial charge in [-0.25, -0.2) is 13.2 Å². The monoisotopic (exact) mass is 298 g/mol. The fraction of sp³-hybridized carbons (Fsp3) is 0.273. The number of carboxylic acid groups (broad SMARTS) is 1. The predicted molar refractivity (Wildman–Crippen MR) is 69.6 cm³/mol. The number of carbonyl (C=O) groups is 1. The minimum absolute atomic E-state index is 0.0821. The highest BCUT2D eigenvalue weighted by atomic mass is 32.2. The van der Waals surface area contributed by atoms with Gasteiger partial charge in [0, 0.05) is 38.6 Å². The van der Waals surface area contributed by atoms with Crippen LogP contribution in [-0.4, -0.2) is 45.6 Å². The minimum Gasteiger partial charge on any atom is -0.477 e. The Kier molecular flexibility index (Phi) is 3.64. The molecule has 0 fully saturated rings. The Hall–Kier alpha value is -2.13. The molecule has 0 amide bonds. The van der Waals surface area contributed by atoms with Crippen molar-refractivity contribution in [1.82, 2.24) is 19.1 Å². The second-order valence-corrected chi connectivity index (χ2v) is 6.38. The lowest BCUT2D eigenvalue weighted by Gasteiger charge is -2.14. The van der Waals surface area contributed by atoms with Crippen molar-refractivity contribution in [3.05, 3.63) is 35.9 Å². The Morgan fingerprint density at radius 3 is 2.75 bits per heavy atom. The average Bonchev–Trinajstić information content (AvgIpc) is 2.98. The number of carboxylic acids is 1. The number of nitrogens with zero attached hydrogens (tertiary/aromatic N) is 3. The average molecular weight is 298 g/mol. The van der Waals surface area contributed by atoms with Crippen molar-refractivity contribution in [2.45, 2.75) is 11.4 Å². The number of rotatable bonds is 5. The van der Waals surface area contributed by atoms with E-state index in [-0.39, 0.29) is 17.1 Å². The zero-order valence-corrected chi connectivity index (χ0v) is 11.8. The Bertz CT molecular complexity index is 731. The third-order valence-electron chi connectivity index (χ3n) is 2.76. The third-order valence-corrected chi connectivity index (χ3v) is 4.54. The van der Waals surface area contributed by atoms with Crippen molar-refractivity contribution >= 4 is 16.0 Å². The summed E-state index contributed by atoms with van der Waals surface area (Å²) in [6.07, 6.45) is 4.45. The van der Waals surface area contributed by atoms with E-state index < -0.39 is 16.0 Å². The standard InChI is InChI=1S/C11H14N4O4S/c1-14-6-8(4-13-14)7-15(2)20(18,19)9-3-10(11(16)17)12-5-9/h3-6,12H,7H2,1-2H3,(H,16,17). The summed E-state index contributed by atoms with van der Waals surface area (Å²) in [5, 5.41) is 12.8. The molecular weight excluding hydrogens is 284 g/mol. The van der Waals surface area contributed by atoms with Gasteiger partial charge < -0.3 is 10.1 Å². The second kappa shape index (κ2) is 5.10. The first-order chi connectivity index (χ1) is 9.30. The van der Waals surface area contributed by atoms with Crippen LogP contribution >= 0.6 is 0 Å². The van der Waals surface area contributed by atoms with E-state index in [2.05, 4.69) is 10.1 Å². The summed E-state index contributed by atoms with van der Waals surface area (Å²) in [6, 6.07) is 1.09. The van der Waals surface area contributed by atoms with Crippen molar-refractivity contribution in [3.63, 3.8) is 0 Å². The SMILES string of the molecule is CN(Cc1cnn(C)c1)S(=O)(=O)c1c[nH]c(C(=O)O)c1. The smallest absolute Gasteiger partial charge is 0.352 e. The van der Waals surface area contributed by atoms with Crippen molar-refractivity contribution in [3.8, 4) is 0 Å². The maximum absolute atomic E-state index is 12.3. The number of aromatic amines is 1. The number of aryl methyl sites for hydroxylation is 1. The molecule has 0 aromatic carbocycles. The van der Waals surface area contributed by atoms with Gasteiger partial charge in [-0.3, -0.25) is 4.68 Å². The first kappa shape index (κ1) is 14.3. The van der Waals surface area contributed by atoms with Crippen LogP contribution < -0.4 is 0 Å². The quantitative estimate of drug-likeness (QED) is 0.823. The molecule has 0 aliphatic carbocycles. The molecule has 20 heavy (non-hydrogen) atoms. The Morgan fingerprint density at radius 1 is 1.55 bits per heavy atom. The van der Waals surface area contributed by atoms with Gasteiger partial charge in [0.15, 0.2) is 0 Å². The molecule has 0 unspecified atom stereocenters. The molecule has 0 bridgehead atoms. The molecule has 9 heteroatoms. The van der Waals surface area contributed by atoms with E-state index in [1.807, 2.05) is 0 Å². The zero-order chi connectivity index (χ0) is 14.9. The van der Waals surface area contributed by atoms with Crippen LogP contribution in [0.25, 0.3) is 0 Å². The van der Waals surface area contributed by atoms with Gasteiger partial charge in [0.05, 0.1) is 6.20 Å². The summed E-state index contributed by atoms with van der Waals surface area (Å²) in [4.78, 5) is 13.1. The molecule has 2 N–H and O–H groups in total. The molecular formula is C11H14N4O4S. The molecule has 108 valence electrons. The van der Waals surface area contributed by atoms with Gasteiger partial charge in [0.1, 0.15) is 10.6 Å². The van der Waals surface area contributed by atoms with Gasteiger partial charge in [0.25, 0.3) is 0 Å². The van der Waals surface area contributed by atoms with Crippen molar-refractivity contribution < 1.29 is 18.3 Å². The summed E-state index contributed by atoms with van der Waals surface area (Å²) < 4.78 is 27.2. The topological polar surface area (TPSA) is 108 Å². The van der Waals surface area contributed by atoms with Crippen LogP contribution in [0.4, 0.5) is 0 Å². The van der Waals surface area contributed by atoms with E-state index in [1.165, 1.54) is 13.2 Å². The summed E-state index contributed by atoms with van der Waals surface area (Å²) in [5.74, 6) is -1.21. The minimum atomic E-state index is -3.74. The lowest BCUT2D eigenvalue weighted by atomic mass is 10.4. The Balaban J connectivity index is 2.22. The van der Waals surface area contributed by atoms with E-state index >= 15 is 0 Å². The fourth-order valence-corrected chi connectivity index (χ4v) is 2.88. The van der Waals surface area contributed by atoms with E-state index in [4.69, 9.17) is 5.11 Å². The van der Waals surface area contributed by atoms with Crippen LogP contribution in [-0.2, 0) is 23.6 Å². The van der Waals surface area contributed by atoms with E-state index in [9.17, 15) is 13.2 Å². The molecule has 0 saturated heterocycles. The lowest BCUT2D eigenvalue weighted by molar-refractivity contribution is 0.0691. The highest BCUT2D eigenvalue weighted by molar-refractivity contribution is 7.89. The molecule has 0 aliphatic heterocycles. The van der Waals surface area contributed by atoms with Gasteiger partial charge in [0.2, 0.25) is 10.0 Å². The Morgan fingerprint density at radius 2 is 2.25 bits per heavy atom. The van der Waals surface area contributed by atoms with Crippen LogP contribution in [0.15, 0.2) is 29.6 Å².